The lowest BCUT2D eigenvalue weighted by atomic mass is 9.65. The molecule has 83 heavy (non-hydrogen) atoms. The fourth-order valence-corrected chi connectivity index (χ4v) is 16.3. The Labute approximate surface area is 480 Å². The molecule has 2 spiro atoms. The molecule has 0 saturated carbocycles. The predicted molar refractivity (Wildman–Crippen MR) is 342 cm³/mol. The summed E-state index contributed by atoms with van der Waals surface area (Å²) in [5.41, 5.74) is 30.0. The van der Waals surface area contributed by atoms with Crippen LogP contribution in [0.2, 0.25) is 0 Å². The molecule has 1 unspecified atom stereocenters. The number of benzene rings is 13. The largest absolute Gasteiger partial charge is 0.309 e. The highest BCUT2D eigenvalue weighted by Gasteiger charge is 2.54. The van der Waals surface area contributed by atoms with Gasteiger partial charge >= 0.3 is 0 Å². The third kappa shape index (κ3) is 5.59. The van der Waals surface area contributed by atoms with Crippen LogP contribution in [0.25, 0.3) is 99.5 Å². The van der Waals surface area contributed by atoms with Gasteiger partial charge in [0.2, 0.25) is 0 Å². The molecule has 0 fully saturated rings. The van der Waals surface area contributed by atoms with Gasteiger partial charge in [-0.3, -0.25) is 0 Å². The highest BCUT2D eigenvalue weighted by atomic mass is 15.2. The Morgan fingerprint density at radius 1 is 0.265 bits per heavy atom. The molecule has 3 heteroatoms. The van der Waals surface area contributed by atoms with E-state index in [-0.39, 0.29) is 0 Å². The summed E-state index contributed by atoms with van der Waals surface area (Å²) >= 11 is 0. The minimum atomic E-state index is -0.618. The van der Waals surface area contributed by atoms with Crippen LogP contribution < -0.4 is 4.90 Å². The van der Waals surface area contributed by atoms with Crippen LogP contribution in [0.5, 0.6) is 0 Å². The van der Waals surface area contributed by atoms with Gasteiger partial charge < -0.3 is 14.0 Å². The van der Waals surface area contributed by atoms with Gasteiger partial charge in [0.1, 0.15) is 0 Å². The van der Waals surface area contributed by atoms with Crippen molar-refractivity contribution < 1.29 is 0 Å². The zero-order chi connectivity index (χ0) is 54.1. The van der Waals surface area contributed by atoms with Crippen molar-refractivity contribution in [2.45, 2.75) is 10.8 Å². The van der Waals surface area contributed by atoms with Gasteiger partial charge in [-0.1, -0.05) is 231 Å². The minimum Gasteiger partial charge on any atom is -0.309 e. The first-order valence-corrected chi connectivity index (χ1v) is 29.0. The molecule has 0 N–H and O–H groups in total. The summed E-state index contributed by atoms with van der Waals surface area (Å²) in [6.07, 6.45) is 0. The SMILES string of the molecule is c1ccc(-n2c3ccccc3c3cc(-c4ccc(N(c5cccc6c5-c5ccccc5C65c6ccccc6-c6ccccc65)c5cccc6c5-c5ccccc5C65c6ccccc6-n6c7ccccc7c7cccc5c76)cc4)ccc32)cc1. The Morgan fingerprint density at radius 3 is 1.34 bits per heavy atom. The molecule has 15 aromatic rings. The van der Waals surface area contributed by atoms with Gasteiger partial charge in [-0.25, -0.2) is 0 Å². The number of para-hydroxylation sites is 5. The van der Waals surface area contributed by atoms with Gasteiger partial charge in [-0.05, 0) is 145 Å². The van der Waals surface area contributed by atoms with E-state index in [1.165, 1.54) is 138 Å². The molecule has 3 heterocycles. The number of rotatable bonds is 5. The van der Waals surface area contributed by atoms with Crippen molar-refractivity contribution in [3.05, 3.63) is 342 Å². The van der Waals surface area contributed by atoms with Crippen molar-refractivity contribution in [2.24, 2.45) is 0 Å². The lowest BCUT2D eigenvalue weighted by molar-refractivity contribution is 0.748. The van der Waals surface area contributed by atoms with E-state index in [0.717, 1.165) is 22.7 Å². The van der Waals surface area contributed by atoms with E-state index in [2.05, 4.69) is 311 Å². The average molecular weight is 1050 g/mol. The smallest absolute Gasteiger partial charge is 0.0755 e. The average Bonchev–Trinajstić information content (AvgIpc) is 1.95. The van der Waals surface area contributed by atoms with Crippen molar-refractivity contribution in [3.63, 3.8) is 0 Å². The third-order valence-electron chi connectivity index (χ3n) is 19.3. The molecule has 3 nitrogen and oxygen atoms in total. The van der Waals surface area contributed by atoms with Gasteiger partial charge in [0.25, 0.3) is 0 Å². The Hall–Kier alpha value is -10.7. The lowest BCUT2D eigenvalue weighted by Gasteiger charge is -2.39. The Balaban J connectivity index is 0.880. The topological polar surface area (TPSA) is 13.1 Å². The van der Waals surface area contributed by atoms with Crippen LogP contribution >= 0.6 is 0 Å². The summed E-state index contributed by atoms with van der Waals surface area (Å²) < 4.78 is 4.93. The van der Waals surface area contributed by atoms with Gasteiger partial charge in [0.15, 0.2) is 0 Å². The van der Waals surface area contributed by atoms with Crippen molar-refractivity contribution in [2.75, 3.05) is 4.90 Å². The lowest BCUT2D eigenvalue weighted by Crippen LogP contribution is -2.33. The van der Waals surface area contributed by atoms with Crippen LogP contribution in [0.1, 0.15) is 44.5 Å². The maximum atomic E-state index is 2.61. The van der Waals surface area contributed by atoms with Crippen molar-refractivity contribution in [1.29, 1.82) is 0 Å². The maximum absolute atomic E-state index is 2.61. The monoisotopic (exact) mass is 1050 g/mol. The predicted octanol–water partition coefficient (Wildman–Crippen LogP) is 20.0. The molecule has 4 aliphatic rings. The van der Waals surface area contributed by atoms with Gasteiger partial charge in [-0.15, -0.1) is 0 Å². The van der Waals surface area contributed by atoms with Crippen LogP contribution in [0.15, 0.2) is 297 Å². The van der Waals surface area contributed by atoms with Crippen molar-refractivity contribution >= 4 is 60.7 Å². The minimum absolute atomic E-state index is 0.509. The van der Waals surface area contributed by atoms with Crippen molar-refractivity contribution in [1.82, 2.24) is 9.13 Å². The van der Waals surface area contributed by atoms with Crippen molar-refractivity contribution in [3.8, 4) is 55.9 Å². The highest BCUT2D eigenvalue weighted by molar-refractivity contribution is 6.14. The number of fused-ring (bicyclic) bond motifs is 25. The molecule has 19 rings (SSSR count). The molecule has 13 aromatic carbocycles. The second kappa shape index (κ2) is 16.4. The standard InChI is InChI=1S/C80H49N3/c1-2-21-52(22-3-1)81-70-38-15-9-26-57(70)61-49-51(45-48-72(61)81)50-43-46-53(47-44-50)82(74-41-19-35-67-76(74)59-27-6-12-32-64(59)79(67)62-30-10-4-23-54(62)55-24-5-11-31-63(55)79)75-42-20-36-68-77(75)60-28-7-13-33-65(60)80(68)66-34-14-17-40-73(66)83-71-39-16-8-25-56(71)58-29-18-37-69(80)78(58)83/h1-49H. The van der Waals surface area contributed by atoms with Gasteiger partial charge in [0, 0.05) is 44.0 Å². The summed E-state index contributed by atoms with van der Waals surface area (Å²) in [7, 11) is 0. The highest BCUT2D eigenvalue weighted by Crippen LogP contribution is 2.67. The van der Waals surface area contributed by atoms with E-state index in [9.17, 15) is 0 Å². The van der Waals surface area contributed by atoms with E-state index in [4.69, 9.17) is 0 Å². The molecular formula is C80H49N3. The van der Waals surface area contributed by atoms with E-state index in [1.54, 1.807) is 0 Å². The van der Waals surface area contributed by atoms with E-state index in [0.29, 0.717) is 0 Å². The second-order valence-electron chi connectivity index (χ2n) is 23.0. The zero-order valence-corrected chi connectivity index (χ0v) is 45.1. The quantitative estimate of drug-likeness (QED) is 0.167. The van der Waals surface area contributed by atoms with E-state index < -0.39 is 10.8 Å². The summed E-state index contributed by atoms with van der Waals surface area (Å²) in [6.45, 7) is 0. The summed E-state index contributed by atoms with van der Waals surface area (Å²) in [5.74, 6) is 0. The normalized spacial score (nSPS) is 15.1. The van der Waals surface area contributed by atoms with Crippen LogP contribution in [0.3, 0.4) is 0 Å². The zero-order valence-electron chi connectivity index (χ0n) is 45.1. The molecule has 3 aliphatic carbocycles. The molecule has 0 saturated heterocycles. The van der Waals surface area contributed by atoms with Crippen LogP contribution in [0.4, 0.5) is 17.1 Å². The number of nitrogens with zero attached hydrogens (tertiary/aromatic N) is 3. The van der Waals surface area contributed by atoms with E-state index >= 15 is 0 Å². The fourth-order valence-electron chi connectivity index (χ4n) is 16.3. The maximum Gasteiger partial charge on any atom is 0.0755 e. The van der Waals surface area contributed by atoms with Gasteiger partial charge in [-0.2, -0.15) is 0 Å². The Bertz CT molecular complexity index is 5240. The molecule has 1 atom stereocenters. The molecule has 2 aromatic heterocycles. The first-order chi connectivity index (χ1) is 41.2. The van der Waals surface area contributed by atoms with Crippen LogP contribution in [-0.4, -0.2) is 9.13 Å². The number of aromatic nitrogens is 2. The molecule has 1 aliphatic heterocycles. The molecule has 384 valence electrons. The second-order valence-corrected chi connectivity index (χ2v) is 23.0. The fraction of sp³-hybridized carbons (Fsp3) is 0.0250. The summed E-state index contributed by atoms with van der Waals surface area (Å²) in [5, 5.41) is 5.03. The molecule has 0 bridgehead atoms. The number of hydrogen-bond acceptors (Lipinski definition) is 1. The molecular weight excluding hydrogens is 1000 g/mol. The molecule has 0 radical (unpaired) electrons. The van der Waals surface area contributed by atoms with E-state index in [1.807, 2.05) is 0 Å². The Morgan fingerprint density at radius 2 is 0.699 bits per heavy atom. The number of hydrogen-bond donors (Lipinski definition) is 0. The summed E-state index contributed by atoms with van der Waals surface area (Å²) in [6, 6.07) is 112. The van der Waals surface area contributed by atoms with Gasteiger partial charge in [0.05, 0.1) is 50.0 Å². The third-order valence-corrected chi connectivity index (χ3v) is 19.3. The summed E-state index contributed by atoms with van der Waals surface area (Å²) in [4.78, 5) is 2.61. The Kier molecular flexibility index (Phi) is 8.92. The molecule has 0 amide bonds. The first kappa shape index (κ1) is 45.0. The van der Waals surface area contributed by atoms with Crippen LogP contribution in [-0.2, 0) is 10.8 Å². The van der Waals surface area contributed by atoms with Crippen LogP contribution in [0, 0.1) is 0 Å². The number of anilines is 3. The first-order valence-electron chi connectivity index (χ1n) is 29.0.